The minimum atomic E-state index is -0.912. The molecule has 1 aromatic rings. The molecule has 1 amide bonds. The highest BCUT2D eigenvalue weighted by Crippen LogP contribution is 2.37. The van der Waals surface area contributed by atoms with Gasteiger partial charge in [0.2, 0.25) is 5.91 Å². The standard InChI is InChI=1S/C15H24N2O2/c1-9-8-10(2)12(13(19-7)11(9)3)17(6)14(18)15(4,5)16/h8H,16H2,1-7H3. The molecule has 4 nitrogen and oxygen atoms in total. The average Bonchev–Trinajstić information content (AvgIpc) is 2.30. The Morgan fingerprint density at radius 2 is 1.79 bits per heavy atom. The third-order valence-corrected chi connectivity index (χ3v) is 3.35. The predicted molar refractivity (Wildman–Crippen MR) is 78.9 cm³/mol. The lowest BCUT2D eigenvalue weighted by molar-refractivity contribution is -0.122. The fourth-order valence-corrected chi connectivity index (χ4v) is 2.24. The van der Waals surface area contributed by atoms with Crippen molar-refractivity contribution in [2.45, 2.75) is 40.2 Å². The number of rotatable bonds is 3. The van der Waals surface area contributed by atoms with Crippen molar-refractivity contribution in [3.8, 4) is 5.75 Å². The topological polar surface area (TPSA) is 55.6 Å². The smallest absolute Gasteiger partial charge is 0.246 e. The van der Waals surface area contributed by atoms with Crippen LogP contribution in [0, 0.1) is 20.8 Å². The van der Waals surface area contributed by atoms with Crippen LogP contribution < -0.4 is 15.4 Å². The van der Waals surface area contributed by atoms with E-state index in [0.29, 0.717) is 0 Å². The molecule has 1 rings (SSSR count). The highest BCUT2D eigenvalue weighted by atomic mass is 16.5. The molecule has 1 aromatic carbocycles. The second-order valence-corrected chi connectivity index (χ2v) is 5.60. The van der Waals surface area contributed by atoms with Gasteiger partial charge in [-0.2, -0.15) is 0 Å². The first-order valence-corrected chi connectivity index (χ1v) is 6.33. The van der Waals surface area contributed by atoms with E-state index < -0.39 is 5.54 Å². The van der Waals surface area contributed by atoms with Crippen LogP contribution in [0.5, 0.6) is 5.75 Å². The number of aryl methyl sites for hydroxylation is 2. The molecular formula is C15H24N2O2. The van der Waals surface area contributed by atoms with Crippen molar-refractivity contribution in [2.24, 2.45) is 5.73 Å². The summed E-state index contributed by atoms with van der Waals surface area (Å²) >= 11 is 0. The summed E-state index contributed by atoms with van der Waals surface area (Å²) in [5, 5.41) is 0. The highest BCUT2D eigenvalue weighted by molar-refractivity contribution is 6.01. The fourth-order valence-electron chi connectivity index (χ4n) is 2.24. The van der Waals surface area contributed by atoms with Gasteiger partial charge in [-0.3, -0.25) is 4.79 Å². The quantitative estimate of drug-likeness (QED) is 0.911. The van der Waals surface area contributed by atoms with E-state index in [4.69, 9.17) is 10.5 Å². The van der Waals surface area contributed by atoms with Crippen molar-refractivity contribution in [1.29, 1.82) is 0 Å². The van der Waals surface area contributed by atoms with Crippen molar-refractivity contribution in [3.63, 3.8) is 0 Å². The average molecular weight is 264 g/mol. The van der Waals surface area contributed by atoms with E-state index in [1.54, 1.807) is 32.9 Å². The van der Waals surface area contributed by atoms with Crippen LogP contribution in [-0.2, 0) is 4.79 Å². The van der Waals surface area contributed by atoms with Crippen molar-refractivity contribution < 1.29 is 9.53 Å². The van der Waals surface area contributed by atoms with E-state index in [1.807, 2.05) is 20.8 Å². The third kappa shape index (κ3) is 2.89. The Morgan fingerprint density at radius 3 is 2.21 bits per heavy atom. The fraction of sp³-hybridized carbons (Fsp3) is 0.533. The maximum atomic E-state index is 12.3. The summed E-state index contributed by atoms with van der Waals surface area (Å²) in [6.45, 7) is 9.40. The van der Waals surface area contributed by atoms with Gasteiger partial charge in [0.05, 0.1) is 18.3 Å². The molecule has 19 heavy (non-hydrogen) atoms. The zero-order valence-corrected chi connectivity index (χ0v) is 12.9. The van der Waals surface area contributed by atoms with Crippen LogP contribution in [0.3, 0.4) is 0 Å². The maximum Gasteiger partial charge on any atom is 0.246 e. The van der Waals surface area contributed by atoms with Gasteiger partial charge < -0.3 is 15.4 Å². The molecule has 0 aliphatic carbocycles. The maximum absolute atomic E-state index is 12.3. The third-order valence-electron chi connectivity index (χ3n) is 3.35. The molecule has 106 valence electrons. The summed E-state index contributed by atoms with van der Waals surface area (Å²) in [5.41, 5.74) is 8.95. The van der Waals surface area contributed by atoms with Crippen LogP contribution in [0.4, 0.5) is 5.69 Å². The summed E-state index contributed by atoms with van der Waals surface area (Å²) in [6.07, 6.45) is 0. The largest absolute Gasteiger partial charge is 0.494 e. The molecule has 0 unspecified atom stereocenters. The summed E-state index contributed by atoms with van der Waals surface area (Å²) in [5.74, 6) is 0.592. The van der Waals surface area contributed by atoms with E-state index in [1.165, 1.54) is 0 Å². The zero-order chi connectivity index (χ0) is 15.0. The monoisotopic (exact) mass is 264 g/mol. The van der Waals surface area contributed by atoms with Crippen molar-refractivity contribution in [1.82, 2.24) is 0 Å². The molecule has 2 N–H and O–H groups in total. The number of methoxy groups -OCH3 is 1. The van der Waals surface area contributed by atoms with E-state index in [-0.39, 0.29) is 5.91 Å². The van der Waals surface area contributed by atoms with Crippen molar-refractivity contribution >= 4 is 11.6 Å². The number of hydrogen-bond acceptors (Lipinski definition) is 3. The van der Waals surface area contributed by atoms with Gasteiger partial charge in [-0.25, -0.2) is 0 Å². The lowest BCUT2D eigenvalue weighted by Crippen LogP contribution is -2.50. The number of ether oxygens (including phenoxy) is 1. The number of nitrogens with zero attached hydrogens (tertiary/aromatic N) is 1. The summed E-state index contributed by atoms with van der Waals surface area (Å²) in [7, 11) is 3.35. The van der Waals surface area contributed by atoms with E-state index in [9.17, 15) is 4.79 Å². The van der Waals surface area contributed by atoms with Gasteiger partial charge in [-0.1, -0.05) is 6.07 Å². The first kappa shape index (κ1) is 15.5. The minimum absolute atomic E-state index is 0.142. The van der Waals surface area contributed by atoms with Crippen LogP contribution in [0.1, 0.15) is 30.5 Å². The molecule has 0 heterocycles. The van der Waals surface area contributed by atoms with Gasteiger partial charge in [-0.15, -0.1) is 0 Å². The lowest BCUT2D eigenvalue weighted by Gasteiger charge is -2.29. The molecule has 0 aliphatic rings. The van der Waals surface area contributed by atoms with Crippen LogP contribution in [0.2, 0.25) is 0 Å². The van der Waals surface area contributed by atoms with Gasteiger partial charge in [0.25, 0.3) is 0 Å². The Balaban J connectivity index is 3.43. The molecule has 0 atom stereocenters. The number of likely N-dealkylation sites (N-methyl/N-ethyl adjacent to an activating group) is 1. The number of amides is 1. The Labute approximate surface area is 115 Å². The Kier molecular flexibility index (Phi) is 4.25. The Hall–Kier alpha value is -1.55. The molecule has 0 saturated heterocycles. The SMILES string of the molecule is COc1c(C)c(C)cc(C)c1N(C)C(=O)C(C)(C)N. The van der Waals surface area contributed by atoms with Crippen molar-refractivity contribution in [2.75, 3.05) is 19.1 Å². The summed E-state index contributed by atoms with van der Waals surface area (Å²) in [4.78, 5) is 13.9. The number of nitrogens with two attached hydrogens (primary N) is 1. The van der Waals surface area contributed by atoms with Gasteiger partial charge in [0.1, 0.15) is 5.75 Å². The van der Waals surface area contributed by atoms with Gasteiger partial charge in [0.15, 0.2) is 0 Å². The minimum Gasteiger partial charge on any atom is -0.494 e. The summed E-state index contributed by atoms with van der Waals surface area (Å²) < 4.78 is 5.49. The molecule has 0 aliphatic heterocycles. The molecule has 0 fully saturated rings. The lowest BCUT2D eigenvalue weighted by atomic mass is 10.00. The van der Waals surface area contributed by atoms with E-state index >= 15 is 0 Å². The molecule has 0 spiro atoms. The number of hydrogen-bond donors (Lipinski definition) is 1. The normalized spacial score (nSPS) is 11.4. The van der Waals surface area contributed by atoms with Gasteiger partial charge >= 0.3 is 0 Å². The van der Waals surface area contributed by atoms with Crippen molar-refractivity contribution in [3.05, 3.63) is 22.8 Å². The second kappa shape index (κ2) is 5.21. The van der Waals surface area contributed by atoms with Gasteiger partial charge in [-0.05, 0) is 51.3 Å². The Bertz CT molecular complexity index is 502. The Morgan fingerprint density at radius 1 is 1.26 bits per heavy atom. The number of anilines is 1. The van der Waals surface area contributed by atoms with Crippen LogP contribution >= 0.6 is 0 Å². The zero-order valence-electron chi connectivity index (χ0n) is 12.9. The number of carbonyl (C=O) groups is 1. The molecule has 0 aromatic heterocycles. The number of carbonyl (C=O) groups excluding carboxylic acids is 1. The van der Waals surface area contributed by atoms with Crippen LogP contribution in [0.25, 0.3) is 0 Å². The molecule has 0 radical (unpaired) electrons. The van der Waals surface area contributed by atoms with Crippen LogP contribution in [-0.4, -0.2) is 25.6 Å². The molecule has 0 bridgehead atoms. The second-order valence-electron chi connectivity index (χ2n) is 5.60. The van der Waals surface area contributed by atoms with Gasteiger partial charge in [0, 0.05) is 7.05 Å². The summed E-state index contributed by atoms with van der Waals surface area (Å²) in [6, 6.07) is 2.06. The molecular weight excluding hydrogens is 240 g/mol. The first-order chi connectivity index (χ1) is 8.61. The number of benzene rings is 1. The highest BCUT2D eigenvalue weighted by Gasteiger charge is 2.29. The van der Waals surface area contributed by atoms with Crippen LogP contribution in [0.15, 0.2) is 6.07 Å². The van der Waals surface area contributed by atoms with E-state index in [2.05, 4.69) is 6.07 Å². The molecule has 4 heteroatoms. The van der Waals surface area contributed by atoms with E-state index in [0.717, 1.165) is 28.1 Å². The first-order valence-electron chi connectivity index (χ1n) is 6.33. The predicted octanol–water partition coefficient (Wildman–Crippen LogP) is 2.32. The molecule has 0 saturated carbocycles.